The molecule has 1 aromatic carbocycles. The summed E-state index contributed by atoms with van der Waals surface area (Å²) in [6.07, 6.45) is 0. The van der Waals surface area contributed by atoms with E-state index in [-0.39, 0.29) is 11.5 Å². The average Bonchev–Trinajstić information content (AvgIpc) is 2.29. The van der Waals surface area contributed by atoms with Gasteiger partial charge in [0.15, 0.2) is 0 Å². The van der Waals surface area contributed by atoms with E-state index < -0.39 is 16.9 Å². The van der Waals surface area contributed by atoms with Crippen molar-refractivity contribution >= 4 is 33.5 Å². The van der Waals surface area contributed by atoms with E-state index in [1.807, 2.05) is 0 Å². The van der Waals surface area contributed by atoms with E-state index in [2.05, 4.69) is 21.2 Å². The molecule has 0 bridgehead atoms. The van der Waals surface area contributed by atoms with E-state index in [0.717, 1.165) is 0 Å². The fourth-order valence-electron chi connectivity index (χ4n) is 1.32. The van der Waals surface area contributed by atoms with Crippen LogP contribution in [0.4, 0.5) is 5.69 Å². The number of carboxylic acid groups (broad SMARTS) is 1. The van der Waals surface area contributed by atoms with E-state index in [1.165, 1.54) is 12.1 Å². The highest BCUT2D eigenvalue weighted by Gasteiger charge is 2.40. The maximum atomic E-state index is 12.3. The highest BCUT2D eigenvalue weighted by Crippen LogP contribution is 2.31. The summed E-state index contributed by atoms with van der Waals surface area (Å²) < 4.78 is 0.511. The number of hydrogen-bond acceptors (Lipinski definition) is 3. The molecule has 0 atom stereocenters. The van der Waals surface area contributed by atoms with Gasteiger partial charge >= 0.3 is 5.97 Å². The molecule has 0 aliphatic heterocycles. The molecule has 0 unspecified atom stereocenters. The second kappa shape index (κ2) is 5.54. The molecule has 0 saturated carbocycles. The molecular weight excluding hydrogens is 324 g/mol. The van der Waals surface area contributed by atoms with Gasteiger partial charge in [-0.1, -0.05) is 0 Å². The van der Waals surface area contributed by atoms with Gasteiger partial charge < -0.3 is 16.2 Å². The molecule has 5 nitrogen and oxygen atoms in total. The van der Waals surface area contributed by atoms with Gasteiger partial charge in [0, 0.05) is 10.0 Å². The maximum Gasteiger partial charge on any atom is 0.335 e. The molecular formula is C14H19BrN2O3. The number of carbonyl (C=O) groups is 2. The summed E-state index contributed by atoms with van der Waals surface area (Å²) in [4.78, 5) is 23.2. The van der Waals surface area contributed by atoms with Crippen molar-refractivity contribution in [2.45, 2.75) is 33.2 Å². The standard InChI is InChI=1S/C14H19BrN2O3/c1-13(2,14(3,4)16)12(20)17-10-6-5-8(11(18)19)7-9(10)15/h5-7H,16H2,1-4H3,(H,17,20)(H,18,19). The topological polar surface area (TPSA) is 92.4 Å². The Kier molecular flexibility index (Phi) is 4.61. The molecule has 6 heteroatoms. The minimum absolute atomic E-state index is 0.147. The lowest BCUT2D eigenvalue weighted by molar-refractivity contribution is -0.126. The number of rotatable bonds is 4. The number of aromatic carboxylic acids is 1. The molecule has 0 aromatic heterocycles. The molecule has 0 spiro atoms. The van der Waals surface area contributed by atoms with Gasteiger partial charge in [-0.05, 0) is 61.8 Å². The Balaban J connectivity index is 3.00. The lowest BCUT2D eigenvalue weighted by Gasteiger charge is -2.37. The first-order valence-corrected chi connectivity index (χ1v) is 6.89. The minimum Gasteiger partial charge on any atom is -0.478 e. The third kappa shape index (κ3) is 3.37. The maximum absolute atomic E-state index is 12.3. The number of nitrogens with one attached hydrogen (secondary N) is 1. The van der Waals surface area contributed by atoms with Crippen LogP contribution in [0.5, 0.6) is 0 Å². The third-order valence-electron chi connectivity index (χ3n) is 3.64. The number of carbonyl (C=O) groups excluding carboxylic acids is 1. The Morgan fingerprint density at radius 2 is 1.80 bits per heavy atom. The van der Waals surface area contributed by atoms with Crippen LogP contribution in [0, 0.1) is 5.41 Å². The van der Waals surface area contributed by atoms with Crippen molar-refractivity contribution in [3.05, 3.63) is 28.2 Å². The lowest BCUT2D eigenvalue weighted by atomic mass is 9.74. The van der Waals surface area contributed by atoms with Crippen molar-refractivity contribution in [1.29, 1.82) is 0 Å². The van der Waals surface area contributed by atoms with Gasteiger partial charge in [-0.15, -0.1) is 0 Å². The smallest absolute Gasteiger partial charge is 0.335 e. The van der Waals surface area contributed by atoms with Crippen molar-refractivity contribution < 1.29 is 14.7 Å². The highest BCUT2D eigenvalue weighted by molar-refractivity contribution is 9.10. The zero-order valence-corrected chi connectivity index (χ0v) is 13.5. The van der Waals surface area contributed by atoms with E-state index >= 15 is 0 Å². The van der Waals surface area contributed by atoms with Gasteiger partial charge in [-0.2, -0.15) is 0 Å². The van der Waals surface area contributed by atoms with E-state index in [9.17, 15) is 9.59 Å². The van der Waals surface area contributed by atoms with Crippen molar-refractivity contribution in [3.63, 3.8) is 0 Å². The first-order valence-electron chi connectivity index (χ1n) is 6.10. The minimum atomic E-state index is -1.02. The van der Waals surface area contributed by atoms with Crippen LogP contribution in [0.2, 0.25) is 0 Å². The second-order valence-corrected chi connectivity index (χ2v) is 6.65. The van der Waals surface area contributed by atoms with Gasteiger partial charge in [0.1, 0.15) is 0 Å². The summed E-state index contributed by atoms with van der Waals surface area (Å²) in [5.41, 5.74) is 5.21. The molecule has 0 fully saturated rings. The van der Waals surface area contributed by atoms with E-state index in [1.54, 1.807) is 33.8 Å². The molecule has 0 radical (unpaired) electrons. The lowest BCUT2D eigenvalue weighted by Crippen LogP contribution is -2.53. The first kappa shape index (κ1) is 16.7. The van der Waals surface area contributed by atoms with Crippen LogP contribution in [0.25, 0.3) is 0 Å². The summed E-state index contributed by atoms with van der Waals surface area (Å²) in [5.74, 6) is -1.25. The van der Waals surface area contributed by atoms with Gasteiger partial charge in [0.2, 0.25) is 5.91 Å². The number of carboxylic acids is 1. The molecule has 0 heterocycles. The zero-order valence-electron chi connectivity index (χ0n) is 12.0. The first-order chi connectivity index (χ1) is 8.96. The largest absolute Gasteiger partial charge is 0.478 e. The van der Waals surface area contributed by atoms with Crippen LogP contribution in [-0.4, -0.2) is 22.5 Å². The van der Waals surface area contributed by atoms with E-state index in [4.69, 9.17) is 10.8 Å². The average molecular weight is 343 g/mol. The van der Waals surface area contributed by atoms with Crippen molar-refractivity contribution in [2.24, 2.45) is 11.1 Å². The summed E-state index contributed by atoms with van der Waals surface area (Å²) in [7, 11) is 0. The predicted octanol–water partition coefficient (Wildman–Crippen LogP) is 2.85. The summed E-state index contributed by atoms with van der Waals surface area (Å²) >= 11 is 3.25. The quantitative estimate of drug-likeness (QED) is 0.784. The van der Waals surface area contributed by atoms with Crippen LogP contribution in [-0.2, 0) is 4.79 Å². The van der Waals surface area contributed by atoms with Crippen LogP contribution in [0.3, 0.4) is 0 Å². The monoisotopic (exact) mass is 342 g/mol. The zero-order chi connectivity index (χ0) is 15.7. The molecule has 1 aromatic rings. The predicted molar refractivity (Wildman–Crippen MR) is 81.8 cm³/mol. The van der Waals surface area contributed by atoms with Crippen molar-refractivity contribution in [1.82, 2.24) is 0 Å². The molecule has 4 N–H and O–H groups in total. The fraction of sp³-hybridized carbons (Fsp3) is 0.429. The van der Waals surface area contributed by atoms with Crippen LogP contribution < -0.4 is 11.1 Å². The summed E-state index contributed by atoms with van der Waals surface area (Å²) in [6.45, 7) is 7.11. The molecule has 0 aliphatic carbocycles. The Morgan fingerprint density at radius 1 is 1.25 bits per heavy atom. The molecule has 20 heavy (non-hydrogen) atoms. The second-order valence-electron chi connectivity index (χ2n) is 5.80. The summed E-state index contributed by atoms with van der Waals surface area (Å²) in [5, 5.41) is 11.7. The summed E-state index contributed by atoms with van der Waals surface area (Å²) in [6, 6.07) is 4.42. The van der Waals surface area contributed by atoms with Crippen LogP contribution >= 0.6 is 15.9 Å². The van der Waals surface area contributed by atoms with Gasteiger partial charge in [0.05, 0.1) is 16.7 Å². The van der Waals surface area contributed by atoms with E-state index in [0.29, 0.717) is 10.2 Å². The Hall–Kier alpha value is -1.40. The number of nitrogens with two attached hydrogens (primary N) is 1. The molecule has 110 valence electrons. The Morgan fingerprint density at radius 3 is 2.20 bits per heavy atom. The number of hydrogen-bond donors (Lipinski definition) is 3. The normalized spacial score (nSPS) is 12.1. The molecule has 0 aliphatic rings. The number of halogens is 1. The Bertz CT molecular complexity index is 548. The fourth-order valence-corrected chi connectivity index (χ4v) is 1.80. The molecule has 1 amide bonds. The van der Waals surface area contributed by atoms with Crippen LogP contribution in [0.15, 0.2) is 22.7 Å². The Labute approximate surface area is 126 Å². The van der Waals surface area contributed by atoms with Gasteiger partial charge in [-0.25, -0.2) is 4.79 Å². The van der Waals surface area contributed by atoms with Crippen molar-refractivity contribution in [3.8, 4) is 0 Å². The third-order valence-corrected chi connectivity index (χ3v) is 4.30. The highest BCUT2D eigenvalue weighted by atomic mass is 79.9. The van der Waals surface area contributed by atoms with Crippen LogP contribution in [0.1, 0.15) is 38.1 Å². The van der Waals surface area contributed by atoms with Crippen molar-refractivity contribution in [2.75, 3.05) is 5.32 Å². The molecule has 0 saturated heterocycles. The SMILES string of the molecule is CC(C)(N)C(C)(C)C(=O)Nc1ccc(C(=O)O)cc1Br. The van der Waals surface area contributed by atoms with Gasteiger partial charge in [-0.3, -0.25) is 4.79 Å². The molecule has 1 rings (SSSR count). The van der Waals surface area contributed by atoms with Gasteiger partial charge in [0.25, 0.3) is 0 Å². The number of anilines is 1. The number of amides is 1. The number of benzene rings is 1.